The Balaban J connectivity index is 2.10. The average molecular weight is 391 g/mol. The summed E-state index contributed by atoms with van der Waals surface area (Å²) in [6, 6.07) is 11.3. The molecular weight excluding hydrogens is 364 g/mol. The molecule has 0 unspecified atom stereocenters. The van der Waals surface area contributed by atoms with Gasteiger partial charge in [0.15, 0.2) is 0 Å². The van der Waals surface area contributed by atoms with Gasteiger partial charge in [0.1, 0.15) is 0 Å². The Bertz CT molecular complexity index is 893. The van der Waals surface area contributed by atoms with E-state index in [1.54, 1.807) is 31.2 Å². The van der Waals surface area contributed by atoms with Crippen molar-refractivity contribution < 1.29 is 17.9 Å². The first kappa shape index (κ1) is 20.9. The highest BCUT2D eigenvalue weighted by Gasteiger charge is 2.17. The van der Waals surface area contributed by atoms with Crippen LogP contribution >= 0.6 is 0 Å². The quantitative estimate of drug-likeness (QED) is 0.702. The maximum Gasteiger partial charge on any atom is 0.261 e. The van der Waals surface area contributed by atoms with Gasteiger partial charge in [-0.2, -0.15) is 0 Å². The molecule has 6 nitrogen and oxygen atoms in total. The Labute approximate surface area is 161 Å². The van der Waals surface area contributed by atoms with Gasteiger partial charge in [-0.05, 0) is 67.8 Å². The number of hydrogen-bond acceptors (Lipinski definition) is 4. The van der Waals surface area contributed by atoms with Gasteiger partial charge < -0.3 is 9.64 Å². The lowest BCUT2D eigenvalue weighted by Gasteiger charge is -2.17. The summed E-state index contributed by atoms with van der Waals surface area (Å²) in [6.07, 6.45) is 0.741. The predicted octanol–water partition coefficient (Wildman–Crippen LogP) is 3.21. The number of nitrogens with one attached hydrogen (secondary N) is 1. The van der Waals surface area contributed by atoms with E-state index in [2.05, 4.69) is 4.72 Å². The Morgan fingerprint density at radius 2 is 1.74 bits per heavy atom. The number of benzene rings is 2. The van der Waals surface area contributed by atoms with Gasteiger partial charge in [0.25, 0.3) is 15.9 Å². The molecule has 0 bridgehead atoms. The monoisotopic (exact) mass is 390 g/mol. The summed E-state index contributed by atoms with van der Waals surface area (Å²) >= 11 is 0. The molecule has 0 saturated heterocycles. The summed E-state index contributed by atoms with van der Waals surface area (Å²) in [7, 11) is -0.384. The second-order valence-electron chi connectivity index (χ2n) is 6.50. The number of nitrogens with zero attached hydrogens (tertiary/aromatic N) is 1. The largest absolute Gasteiger partial charge is 0.385 e. The van der Waals surface area contributed by atoms with Crippen molar-refractivity contribution >= 4 is 21.6 Å². The van der Waals surface area contributed by atoms with Gasteiger partial charge in [0.05, 0.1) is 4.90 Å². The van der Waals surface area contributed by atoms with E-state index in [1.807, 2.05) is 19.9 Å². The maximum atomic E-state index is 12.6. The van der Waals surface area contributed by atoms with E-state index in [-0.39, 0.29) is 10.8 Å². The lowest BCUT2D eigenvalue weighted by atomic mass is 10.1. The zero-order valence-corrected chi connectivity index (χ0v) is 17.0. The van der Waals surface area contributed by atoms with Crippen LogP contribution in [0.4, 0.5) is 5.69 Å². The maximum absolute atomic E-state index is 12.6. The van der Waals surface area contributed by atoms with Gasteiger partial charge in [-0.15, -0.1) is 0 Å². The normalized spacial score (nSPS) is 11.3. The fraction of sp³-hybridized carbons (Fsp3) is 0.350. The van der Waals surface area contributed by atoms with Crippen molar-refractivity contribution in [2.75, 3.05) is 32.0 Å². The van der Waals surface area contributed by atoms with Crippen LogP contribution in [0.15, 0.2) is 47.4 Å². The van der Waals surface area contributed by atoms with Crippen LogP contribution in [0.25, 0.3) is 0 Å². The van der Waals surface area contributed by atoms with Crippen molar-refractivity contribution in [2.45, 2.75) is 25.2 Å². The Hall–Kier alpha value is -2.38. The third kappa shape index (κ3) is 5.55. The minimum Gasteiger partial charge on any atom is -0.385 e. The SMILES string of the molecule is COCCCN(C)C(=O)c1ccc(S(=O)(=O)Nc2ccc(C)c(C)c2)cc1. The van der Waals surface area contributed by atoms with Crippen molar-refractivity contribution in [3.05, 3.63) is 59.2 Å². The molecule has 0 spiro atoms. The molecule has 1 amide bonds. The molecule has 0 radical (unpaired) electrons. The van der Waals surface area contributed by atoms with Crippen molar-refractivity contribution in [3.8, 4) is 0 Å². The van der Waals surface area contributed by atoms with Crippen LogP contribution in [0.5, 0.6) is 0 Å². The topological polar surface area (TPSA) is 75.7 Å². The van der Waals surface area contributed by atoms with Crippen LogP contribution in [0, 0.1) is 13.8 Å². The second kappa shape index (κ2) is 9.01. The second-order valence-corrected chi connectivity index (χ2v) is 8.18. The highest BCUT2D eigenvalue weighted by molar-refractivity contribution is 7.92. The van der Waals surface area contributed by atoms with Gasteiger partial charge in [-0.25, -0.2) is 8.42 Å². The minimum atomic E-state index is -3.71. The van der Waals surface area contributed by atoms with Gasteiger partial charge in [-0.1, -0.05) is 6.07 Å². The lowest BCUT2D eigenvalue weighted by Crippen LogP contribution is -2.28. The van der Waals surface area contributed by atoms with Crippen LogP contribution < -0.4 is 4.72 Å². The third-order valence-electron chi connectivity index (χ3n) is 4.36. The first-order valence-corrected chi connectivity index (χ1v) is 10.2. The van der Waals surface area contributed by atoms with Crippen LogP contribution in [-0.2, 0) is 14.8 Å². The van der Waals surface area contributed by atoms with Crippen molar-refractivity contribution in [1.29, 1.82) is 0 Å². The number of carbonyl (C=O) groups is 1. The number of rotatable bonds is 8. The smallest absolute Gasteiger partial charge is 0.261 e. The van der Waals surface area contributed by atoms with E-state index in [9.17, 15) is 13.2 Å². The summed E-state index contributed by atoms with van der Waals surface area (Å²) in [4.78, 5) is 14.1. The molecule has 0 aliphatic heterocycles. The number of aryl methyl sites for hydroxylation is 2. The molecule has 0 aliphatic rings. The van der Waals surface area contributed by atoms with E-state index in [0.717, 1.165) is 17.5 Å². The van der Waals surface area contributed by atoms with Gasteiger partial charge in [0, 0.05) is 38.6 Å². The van der Waals surface area contributed by atoms with E-state index in [4.69, 9.17) is 4.74 Å². The van der Waals surface area contributed by atoms with Crippen LogP contribution in [0.2, 0.25) is 0 Å². The number of ether oxygens (including phenoxy) is 1. The zero-order chi connectivity index (χ0) is 20.0. The Kier molecular flexibility index (Phi) is 6.98. The molecule has 0 fully saturated rings. The fourth-order valence-corrected chi connectivity index (χ4v) is 3.61. The molecule has 0 aromatic heterocycles. The number of sulfonamides is 1. The molecule has 0 saturated carbocycles. The molecule has 146 valence electrons. The van der Waals surface area contributed by atoms with E-state index in [1.165, 1.54) is 24.3 Å². The molecule has 2 aromatic rings. The number of amides is 1. The highest BCUT2D eigenvalue weighted by atomic mass is 32.2. The molecule has 0 heterocycles. The lowest BCUT2D eigenvalue weighted by molar-refractivity contribution is 0.0779. The summed E-state index contributed by atoms with van der Waals surface area (Å²) in [5.41, 5.74) is 3.05. The molecule has 2 rings (SSSR count). The van der Waals surface area contributed by atoms with Gasteiger partial charge >= 0.3 is 0 Å². The fourth-order valence-electron chi connectivity index (χ4n) is 2.56. The van der Waals surface area contributed by atoms with Crippen molar-refractivity contribution in [3.63, 3.8) is 0 Å². The van der Waals surface area contributed by atoms with Crippen molar-refractivity contribution in [1.82, 2.24) is 4.90 Å². The number of hydrogen-bond donors (Lipinski definition) is 1. The predicted molar refractivity (Wildman–Crippen MR) is 107 cm³/mol. The van der Waals surface area contributed by atoms with Crippen LogP contribution in [0.1, 0.15) is 27.9 Å². The zero-order valence-electron chi connectivity index (χ0n) is 16.2. The van der Waals surface area contributed by atoms with Gasteiger partial charge in [0.2, 0.25) is 0 Å². The Morgan fingerprint density at radius 3 is 2.33 bits per heavy atom. The van der Waals surface area contributed by atoms with E-state index < -0.39 is 10.0 Å². The molecule has 2 aromatic carbocycles. The third-order valence-corrected chi connectivity index (χ3v) is 5.76. The standard InChI is InChI=1S/C20H26N2O4S/c1-15-6-9-18(14-16(15)2)21-27(24,25)19-10-7-17(8-11-19)20(23)22(3)12-5-13-26-4/h6-11,14,21H,5,12-13H2,1-4H3. The van der Waals surface area contributed by atoms with Crippen molar-refractivity contribution in [2.24, 2.45) is 0 Å². The van der Waals surface area contributed by atoms with Gasteiger partial charge in [-0.3, -0.25) is 9.52 Å². The summed E-state index contributed by atoms with van der Waals surface area (Å²) in [6.45, 7) is 5.05. The number of carbonyl (C=O) groups excluding carboxylic acids is 1. The van der Waals surface area contributed by atoms with E-state index >= 15 is 0 Å². The first-order chi connectivity index (χ1) is 12.7. The van der Waals surface area contributed by atoms with Crippen LogP contribution in [0.3, 0.4) is 0 Å². The summed E-state index contributed by atoms with van der Waals surface area (Å²) < 4.78 is 32.7. The summed E-state index contributed by atoms with van der Waals surface area (Å²) in [5.74, 6) is -0.155. The Morgan fingerprint density at radius 1 is 1.07 bits per heavy atom. The molecule has 27 heavy (non-hydrogen) atoms. The molecule has 1 N–H and O–H groups in total. The summed E-state index contributed by atoms with van der Waals surface area (Å²) in [5, 5.41) is 0. The minimum absolute atomic E-state index is 0.110. The van der Waals surface area contributed by atoms with Crippen LogP contribution in [-0.4, -0.2) is 46.5 Å². The van der Waals surface area contributed by atoms with E-state index in [0.29, 0.717) is 24.4 Å². The highest BCUT2D eigenvalue weighted by Crippen LogP contribution is 2.19. The molecule has 0 aliphatic carbocycles. The molecule has 0 atom stereocenters. The first-order valence-electron chi connectivity index (χ1n) is 8.69. The molecule has 7 heteroatoms. The molecular formula is C20H26N2O4S. The average Bonchev–Trinajstić information content (AvgIpc) is 2.64. The number of methoxy groups -OCH3 is 1. The number of anilines is 1.